The standard InChI is InChI=1S/C9H15NO2S/c1-7(2)9-8(3)5-6-10(9)13(11)12-4/h5-7H,1-4H3. The fraction of sp³-hybridized carbons (Fsp3) is 0.556. The lowest BCUT2D eigenvalue weighted by Crippen LogP contribution is -2.10. The molecule has 0 fully saturated rings. The minimum Gasteiger partial charge on any atom is -0.277 e. The minimum atomic E-state index is -1.39. The third-order valence-corrected chi connectivity index (χ3v) is 2.88. The Hall–Kier alpha value is -0.610. The second kappa shape index (κ2) is 4.07. The van der Waals surface area contributed by atoms with Crippen molar-refractivity contribution in [1.29, 1.82) is 0 Å². The zero-order valence-corrected chi connectivity index (χ0v) is 9.22. The number of hydrogen-bond acceptors (Lipinski definition) is 2. The van der Waals surface area contributed by atoms with Crippen molar-refractivity contribution < 1.29 is 8.39 Å². The molecule has 1 heterocycles. The molecule has 0 aliphatic heterocycles. The molecule has 1 atom stereocenters. The van der Waals surface area contributed by atoms with Crippen LogP contribution in [0.15, 0.2) is 12.3 Å². The van der Waals surface area contributed by atoms with Crippen molar-refractivity contribution in [3.8, 4) is 0 Å². The summed E-state index contributed by atoms with van der Waals surface area (Å²) in [5.41, 5.74) is 2.22. The van der Waals surface area contributed by atoms with Gasteiger partial charge in [-0.1, -0.05) is 13.8 Å². The first-order valence-corrected chi connectivity index (χ1v) is 5.25. The molecule has 1 aromatic heterocycles. The molecule has 0 bridgehead atoms. The molecular formula is C9H15NO2S. The molecule has 0 aliphatic rings. The molecule has 74 valence electrons. The molecule has 0 saturated heterocycles. The van der Waals surface area contributed by atoms with Crippen molar-refractivity contribution >= 4 is 11.3 Å². The van der Waals surface area contributed by atoms with E-state index in [2.05, 4.69) is 13.8 Å². The lowest BCUT2D eigenvalue weighted by Gasteiger charge is -2.10. The van der Waals surface area contributed by atoms with Crippen LogP contribution in [0.2, 0.25) is 0 Å². The maximum atomic E-state index is 11.4. The zero-order chi connectivity index (χ0) is 10.0. The van der Waals surface area contributed by atoms with Crippen LogP contribution < -0.4 is 0 Å². The molecule has 13 heavy (non-hydrogen) atoms. The van der Waals surface area contributed by atoms with Gasteiger partial charge in [0.2, 0.25) is 0 Å². The molecule has 3 nitrogen and oxygen atoms in total. The molecule has 0 aromatic carbocycles. The Labute approximate surface area is 81.5 Å². The van der Waals surface area contributed by atoms with E-state index >= 15 is 0 Å². The predicted octanol–water partition coefficient (Wildman–Crippen LogP) is 1.99. The molecule has 0 N–H and O–H groups in total. The van der Waals surface area contributed by atoms with E-state index in [0.717, 1.165) is 11.3 Å². The molecule has 1 aromatic rings. The summed E-state index contributed by atoms with van der Waals surface area (Å²) in [5.74, 6) is 0.356. The summed E-state index contributed by atoms with van der Waals surface area (Å²) < 4.78 is 17.8. The van der Waals surface area contributed by atoms with E-state index in [4.69, 9.17) is 4.18 Å². The quantitative estimate of drug-likeness (QED) is 0.749. The van der Waals surface area contributed by atoms with E-state index in [1.165, 1.54) is 7.11 Å². The predicted molar refractivity (Wildman–Crippen MR) is 53.8 cm³/mol. The van der Waals surface area contributed by atoms with Gasteiger partial charge in [0.05, 0.1) is 7.11 Å². The van der Waals surface area contributed by atoms with Crippen molar-refractivity contribution in [1.82, 2.24) is 3.97 Å². The van der Waals surface area contributed by atoms with Gasteiger partial charge in [-0.15, -0.1) is 0 Å². The van der Waals surface area contributed by atoms with Gasteiger partial charge >= 0.3 is 0 Å². The molecule has 1 unspecified atom stereocenters. The van der Waals surface area contributed by atoms with Gasteiger partial charge in [-0.05, 0) is 24.5 Å². The number of rotatable bonds is 3. The number of hydrogen-bond donors (Lipinski definition) is 0. The first kappa shape index (κ1) is 10.5. The third kappa shape index (κ3) is 2.00. The summed E-state index contributed by atoms with van der Waals surface area (Å²) >= 11 is -1.39. The van der Waals surface area contributed by atoms with Crippen LogP contribution in [0.4, 0.5) is 0 Å². The SMILES string of the molecule is COS(=O)n1ccc(C)c1C(C)C. The van der Waals surface area contributed by atoms with Crippen LogP contribution in [0.3, 0.4) is 0 Å². The van der Waals surface area contributed by atoms with Crippen LogP contribution in [0, 0.1) is 6.92 Å². The summed E-state index contributed by atoms with van der Waals surface area (Å²) in [7, 11) is 1.44. The fourth-order valence-electron chi connectivity index (χ4n) is 1.44. The van der Waals surface area contributed by atoms with Crippen molar-refractivity contribution in [2.24, 2.45) is 0 Å². The van der Waals surface area contributed by atoms with Crippen LogP contribution in [-0.2, 0) is 15.4 Å². The van der Waals surface area contributed by atoms with Crippen LogP contribution >= 0.6 is 0 Å². The Morgan fingerprint density at radius 1 is 1.54 bits per heavy atom. The van der Waals surface area contributed by atoms with Crippen molar-refractivity contribution in [3.63, 3.8) is 0 Å². The van der Waals surface area contributed by atoms with Gasteiger partial charge in [0.25, 0.3) is 11.3 Å². The van der Waals surface area contributed by atoms with Gasteiger partial charge in [0, 0.05) is 11.9 Å². The Kier molecular flexibility index (Phi) is 3.27. The highest BCUT2D eigenvalue weighted by molar-refractivity contribution is 7.78. The maximum Gasteiger partial charge on any atom is 0.268 e. The normalized spacial score (nSPS) is 13.6. The van der Waals surface area contributed by atoms with Crippen molar-refractivity contribution in [2.75, 3.05) is 7.11 Å². The summed E-state index contributed by atoms with van der Waals surface area (Å²) in [6.45, 7) is 6.16. The summed E-state index contributed by atoms with van der Waals surface area (Å²) in [6.07, 6.45) is 1.80. The topological polar surface area (TPSA) is 31.2 Å². The molecule has 0 aliphatic carbocycles. The van der Waals surface area contributed by atoms with E-state index in [-0.39, 0.29) is 0 Å². The third-order valence-electron chi connectivity index (χ3n) is 1.95. The van der Waals surface area contributed by atoms with Gasteiger partial charge < -0.3 is 0 Å². The molecule has 0 amide bonds. The van der Waals surface area contributed by atoms with Gasteiger partial charge in [-0.2, -0.15) is 0 Å². The zero-order valence-electron chi connectivity index (χ0n) is 8.40. The number of aryl methyl sites for hydroxylation is 1. The average molecular weight is 201 g/mol. The molecule has 1 rings (SSSR count). The number of aromatic nitrogens is 1. The smallest absolute Gasteiger partial charge is 0.268 e. The van der Waals surface area contributed by atoms with E-state index in [0.29, 0.717) is 5.92 Å². The maximum absolute atomic E-state index is 11.4. The van der Waals surface area contributed by atoms with Crippen molar-refractivity contribution in [3.05, 3.63) is 23.5 Å². The Bertz CT molecular complexity index is 317. The van der Waals surface area contributed by atoms with E-state index in [1.807, 2.05) is 13.0 Å². The highest BCUT2D eigenvalue weighted by atomic mass is 32.2. The van der Waals surface area contributed by atoms with Crippen LogP contribution in [0.5, 0.6) is 0 Å². The van der Waals surface area contributed by atoms with E-state index in [9.17, 15) is 4.21 Å². The second-order valence-corrected chi connectivity index (χ2v) is 4.41. The Morgan fingerprint density at radius 3 is 2.62 bits per heavy atom. The number of nitrogens with zero attached hydrogens (tertiary/aromatic N) is 1. The van der Waals surface area contributed by atoms with E-state index < -0.39 is 11.3 Å². The lowest BCUT2D eigenvalue weighted by atomic mass is 10.1. The van der Waals surface area contributed by atoms with E-state index in [1.54, 1.807) is 10.2 Å². The summed E-state index contributed by atoms with van der Waals surface area (Å²) in [4.78, 5) is 0. The first-order valence-electron chi connectivity index (χ1n) is 4.22. The van der Waals surface area contributed by atoms with Crippen LogP contribution in [0.1, 0.15) is 31.0 Å². The first-order chi connectivity index (χ1) is 6.07. The Balaban J connectivity index is 3.15. The molecule has 0 spiro atoms. The Morgan fingerprint density at radius 2 is 2.15 bits per heavy atom. The van der Waals surface area contributed by atoms with Gasteiger partial charge in [-0.3, -0.25) is 4.18 Å². The minimum absolute atomic E-state index is 0.356. The lowest BCUT2D eigenvalue weighted by molar-refractivity contribution is 0.437. The molecule has 4 heteroatoms. The fourth-order valence-corrected chi connectivity index (χ4v) is 2.28. The second-order valence-electron chi connectivity index (χ2n) is 3.25. The van der Waals surface area contributed by atoms with Crippen LogP contribution in [0.25, 0.3) is 0 Å². The molecular weight excluding hydrogens is 186 g/mol. The van der Waals surface area contributed by atoms with Crippen LogP contribution in [-0.4, -0.2) is 15.3 Å². The molecule has 0 radical (unpaired) electrons. The van der Waals surface area contributed by atoms with Gasteiger partial charge in [0.1, 0.15) is 0 Å². The molecule has 0 saturated carbocycles. The van der Waals surface area contributed by atoms with Gasteiger partial charge in [-0.25, -0.2) is 8.18 Å². The highest BCUT2D eigenvalue weighted by Crippen LogP contribution is 2.20. The van der Waals surface area contributed by atoms with Gasteiger partial charge in [0.15, 0.2) is 0 Å². The monoisotopic (exact) mass is 201 g/mol. The summed E-state index contributed by atoms with van der Waals surface area (Å²) in [5, 5.41) is 0. The highest BCUT2D eigenvalue weighted by Gasteiger charge is 2.13. The van der Waals surface area contributed by atoms with Crippen molar-refractivity contribution in [2.45, 2.75) is 26.7 Å². The largest absolute Gasteiger partial charge is 0.277 e. The average Bonchev–Trinajstić information content (AvgIpc) is 2.45. The summed E-state index contributed by atoms with van der Waals surface area (Å²) in [6, 6.07) is 1.95.